The molecule has 0 bridgehead atoms. The number of hydrogen-bond acceptors (Lipinski definition) is 4. The van der Waals surface area contributed by atoms with Crippen LogP contribution in [0.25, 0.3) is 0 Å². The molecule has 1 aromatic carbocycles. The minimum atomic E-state index is -1.14. The molecule has 0 aliphatic heterocycles. The Morgan fingerprint density at radius 3 is 2.88 bits per heavy atom. The number of carbonyl (C=O) groups is 1. The van der Waals surface area contributed by atoms with E-state index in [1.54, 1.807) is 12.1 Å². The van der Waals surface area contributed by atoms with E-state index in [1.807, 2.05) is 13.0 Å². The molecule has 0 amide bonds. The highest BCUT2D eigenvalue weighted by atomic mass is 35.5. The summed E-state index contributed by atoms with van der Waals surface area (Å²) in [5.41, 5.74) is 1.49. The number of benzene rings is 1. The molecule has 0 fully saturated rings. The minimum Gasteiger partial charge on any atom is -0.476 e. The Labute approximate surface area is 102 Å². The first-order valence-corrected chi connectivity index (χ1v) is 5.16. The van der Waals surface area contributed by atoms with Crippen LogP contribution in [-0.4, -0.2) is 16.1 Å². The van der Waals surface area contributed by atoms with Crippen molar-refractivity contribution in [3.63, 3.8) is 0 Å². The van der Waals surface area contributed by atoms with Gasteiger partial charge in [0.1, 0.15) is 6.26 Å². The molecule has 0 saturated heterocycles. The zero-order valence-electron chi connectivity index (χ0n) is 8.90. The second kappa shape index (κ2) is 4.47. The minimum absolute atomic E-state index is 0.113. The molecule has 2 N–H and O–H groups in total. The van der Waals surface area contributed by atoms with Crippen molar-refractivity contribution in [1.82, 2.24) is 4.98 Å². The molecule has 0 unspecified atom stereocenters. The molecule has 1 heterocycles. The lowest BCUT2D eigenvalue weighted by atomic mass is 10.2. The van der Waals surface area contributed by atoms with E-state index in [0.717, 1.165) is 11.8 Å². The first-order chi connectivity index (χ1) is 8.06. The van der Waals surface area contributed by atoms with Gasteiger partial charge in [-0.15, -0.1) is 0 Å². The Morgan fingerprint density at radius 1 is 1.53 bits per heavy atom. The molecule has 5 nitrogen and oxygen atoms in total. The largest absolute Gasteiger partial charge is 0.476 e. The third-order valence-electron chi connectivity index (χ3n) is 2.15. The van der Waals surface area contributed by atoms with Crippen molar-refractivity contribution in [3.8, 4) is 0 Å². The lowest BCUT2D eigenvalue weighted by Gasteiger charge is -2.03. The van der Waals surface area contributed by atoms with Crippen LogP contribution >= 0.6 is 11.6 Å². The van der Waals surface area contributed by atoms with Crippen LogP contribution in [0.4, 0.5) is 11.7 Å². The second-order valence-electron chi connectivity index (χ2n) is 3.43. The summed E-state index contributed by atoms with van der Waals surface area (Å²) in [5, 5.41) is 12.1. The summed E-state index contributed by atoms with van der Waals surface area (Å²) in [5.74, 6) is -1.14. The maximum atomic E-state index is 10.6. The van der Waals surface area contributed by atoms with Crippen molar-refractivity contribution in [2.24, 2.45) is 0 Å². The van der Waals surface area contributed by atoms with Crippen LogP contribution in [0.1, 0.15) is 16.1 Å². The van der Waals surface area contributed by atoms with Gasteiger partial charge in [-0.05, 0) is 24.6 Å². The van der Waals surface area contributed by atoms with Gasteiger partial charge in [0.15, 0.2) is 5.69 Å². The van der Waals surface area contributed by atoms with E-state index in [-0.39, 0.29) is 11.7 Å². The van der Waals surface area contributed by atoms with E-state index >= 15 is 0 Å². The monoisotopic (exact) mass is 252 g/mol. The van der Waals surface area contributed by atoms with Crippen LogP contribution < -0.4 is 5.32 Å². The van der Waals surface area contributed by atoms with Gasteiger partial charge >= 0.3 is 5.97 Å². The van der Waals surface area contributed by atoms with E-state index in [2.05, 4.69) is 10.3 Å². The fraction of sp³-hybridized carbons (Fsp3) is 0.0909. The Kier molecular flexibility index (Phi) is 3.01. The number of aromatic nitrogens is 1. The SMILES string of the molecule is Cc1ccc(Nc2nc(C(=O)O)co2)cc1Cl. The molecule has 6 heteroatoms. The Bertz CT molecular complexity index is 566. The second-order valence-corrected chi connectivity index (χ2v) is 3.84. The summed E-state index contributed by atoms with van der Waals surface area (Å²) in [6.07, 6.45) is 1.07. The highest BCUT2D eigenvalue weighted by Gasteiger charge is 2.10. The highest BCUT2D eigenvalue weighted by Crippen LogP contribution is 2.22. The third-order valence-corrected chi connectivity index (χ3v) is 2.55. The fourth-order valence-electron chi connectivity index (χ4n) is 1.22. The van der Waals surface area contributed by atoms with Crippen LogP contribution in [0.2, 0.25) is 5.02 Å². The first kappa shape index (κ1) is 11.5. The number of aryl methyl sites for hydroxylation is 1. The van der Waals surface area contributed by atoms with Crippen LogP contribution in [-0.2, 0) is 0 Å². The van der Waals surface area contributed by atoms with Crippen LogP contribution in [0.3, 0.4) is 0 Å². The molecular formula is C11H9ClN2O3. The van der Waals surface area contributed by atoms with E-state index in [4.69, 9.17) is 21.1 Å². The number of anilines is 2. The molecular weight excluding hydrogens is 244 g/mol. The number of aromatic carboxylic acids is 1. The van der Waals surface area contributed by atoms with Gasteiger partial charge in [-0.2, -0.15) is 4.98 Å². The fourth-order valence-corrected chi connectivity index (χ4v) is 1.40. The maximum Gasteiger partial charge on any atom is 0.357 e. The topological polar surface area (TPSA) is 75.4 Å². The van der Waals surface area contributed by atoms with Crippen molar-refractivity contribution in [2.75, 3.05) is 5.32 Å². The molecule has 2 aromatic rings. The highest BCUT2D eigenvalue weighted by molar-refractivity contribution is 6.31. The van der Waals surface area contributed by atoms with Crippen LogP contribution in [0, 0.1) is 6.92 Å². The number of hydrogen-bond donors (Lipinski definition) is 2. The predicted molar refractivity (Wildman–Crippen MR) is 62.9 cm³/mol. The van der Waals surface area contributed by atoms with Crippen LogP contribution in [0.5, 0.6) is 0 Å². The number of rotatable bonds is 3. The van der Waals surface area contributed by atoms with Crippen LogP contribution in [0.15, 0.2) is 28.9 Å². The number of halogens is 1. The lowest BCUT2D eigenvalue weighted by Crippen LogP contribution is -1.97. The molecule has 0 saturated carbocycles. The maximum absolute atomic E-state index is 10.6. The summed E-state index contributed by atoms with van der Waals surface area (Å²) in [6, 6.07) is 5.46. The Morgan fingerprint density at radius 2 is 2.29 bits per heavy atom. The first-order valence-electron chi connectivity index (χ1n) is 4.78. The van der Waals surface area contributed by atoms with Gasteiger partial charge in [0, 0.05) is 10.7 Å². The van der Waals surface area contributed by atoms with Crippen molar-refractivity contribution in [1.29, 1.82) is 0 Å². The molecule has 0 aliphatic rings. The molecule has 0 radical (unpaired) electrons. The molecule has 88 valence electrons. The van der Waals surface area contributed by atoms with E-state index < -0.39 is 5.97 Å². The van der Waals surface area contributed by atoms with Crippen molar-refractivity contribution in [2.45, 2.75) is 6.92 Å². The van der Waals surface area contributed by atoms with E-state index in [0.29, 0.717) is 10.7 Å². The number of carboxylic acid groups (broad SMARTS) is 1. The van der Waals surface area contributed by atoms with Gasteiger partial charge in [0.25, 0.3) is 6.01 Å². The zero-order valence-corrected chi connectivity index (χ0v) is 9.65. The van der Waals surface area contributed by atoms with Gasteiger partial charge in [-0.3, -0.25) is 0 Å². The summed E-state index contributed by atoms with van der Waals surface area (Å²) in [4.78, 5) is 14.3. The quantitative estimate of drug-likeness (QED) is 0.878. The normalized spacial score (nSPS) is 10.2. The Balaban J connectivity index is 2.19. The van der Waals surface area contributed by atoms with E-state index in [1.165, 1.54) is 0 Å². The van der Waals surface area contributed by atoms with Gasteiger partial charge < -0.3 is 14.8 Å². The summed E-state index contributed by atoms with van der Waals surface area (Å²) >= 11 is 5.95. The lowest BCUT2D eigenvalue weighted by molar-refractivity contribution is 0.0690. The summed E-state index contributed by atoms with van der Waals surface area (Å²) < 4.78 is 4.95. The molecule has 17 heavy (non-hydrogen) atoms. The van der Waals surface area contributed by atoms with Gasteiger partial charge in [0.2, 0.25) is 0 Å². The van der Waals surface area contributed by atoms with Crippen molar-refractivity contribution >= 4 is 29.3 Å². The molecule has 0 aliphatic carbocycles. The molecule has 0 spiro atoms. The standard InChI is InChI=1S/C11H9ClN2O3/c1-6-2-3-7(4-8(6)12)13-11-14-9(5-17-11)10(15)16/h2-5H,1H3,(H,13,14)(H,15,16). The van der Waals surface area contributed by atoms with Gasteiger partial charge in [-0.1, -0.05) is 17.7 Å². The number of carboxylic acids is 1. The van der Waals surface area contributed by atoms with Crippen molar-refractivity contribution in [3.05, 3.63) is 40.7 Å². The van der Waals surface area contributed by atoms with Gasteiger partial charge in [0.05, 0.1) is 0 Å². The molecule has 2 rings (SSSR count). The molecule has 0 atom stereocenters. The van der Waals surface area contributed by atoms with Gasteiger partial charge in [-0.25, -0.2) is 4.79 Å². The van der Waals surface area contributed by atoms with E-state index in [9.17, 15) is 4.79 Å². The zero-order chi connectivity index (χ0) is 12.4. The number of nitrogens with zero attached hydrogens (tertiary/aromatic N) is 1. The summed E-state index contributed by atoms with van der Waals surface area (Å²) in [7, 11) is 0. The predicted octanol–water partition coefficient (Wildman–Crippen LogP) is 3.08. The smallest absolute Gasteiger partial charge is 0.357 e. The molecule has 1 aromatic heterocycles. The number of nitrogens with one attached hydrogen (secondary N) is 1. The average molecular weight is 253 g/mol. The third kappa shape index (κ3) is 2.57. The number of oxazole rings is 1. The average Bonchev–Trinajstić information content (AvgIpc) is 2.72. The van der Waals surface area contributed by atoms with Crippen molar-refractivity contribution < 1.29 is 14.3 Å². The summed E-state index contributed by atoms with van der Waals surface area (Å²) in [6.45, 7) is 1.89. The Hall–Kier alpha value is -2.01.